The summed E-state index contributed by atoms with van der Waals surface area (Å²) in [7, 11) is 0. The van der Waals surface area contributed by atoms with Crippen LogP contribution in [0.25, 0.3) is 0 Å². The maximum Gasteiger partial charge on any atom is 0.309 e. The van der Waals surface area contributed by atoms with Gasteiger partial charge in [0.25, 0.3) is 0 Å². The largest absolute Gasteiger partial charge is 0.393 e. The molecule has 116 valence electrons. The number of carbonyl (C=O) groups excluding carboxylic acids is 2. The maximum absolute atomic E-state index is 12.7. The van der Waals surface area contributed by atoms with E-state index in [1.54, 1.807) is 0 Å². The predicted molar refractivity (Wildman–Crippen MR) is 76.7 cm³/mol. The number of carbonyl (C=O) groups is 2. The summed E-state index contributed by atoms with van der Waals surface area (Å²) in [4.78, 5) is 23.0. The van der Waals surface area contributed by atoms with Crippen LogP contribution in [0.4, 0.5) is 4.39 Å². The van der Waals surface area contributed by atoms with Gasteiger partial charge < -0.3 is 15.7 Å². The highest BCUT2D eigenvalue weighted by atomic mass is 19.1. The average molecular weight is 296 g/mol. The first kappa shape index (κ1) is 17.1. The molecule has 1 rings (SSSR count). The van der Waals surface area contributed by atoms with E-state index in [9.17, 15) is 19.1 Å². The lowest BCUT2D eigenvalue weighted by Crippen LogP contribution is -2.40. The number of hydrogen-bond donors (Lipinski definition) is 3. The Morgan fingerprint density at radius 2 is 1.71 bits per heavy atom. The topological polar surface area (TPSA) is 78.4 Å². The highest BCUT2D eigenvalue weighted by Crippen LogP contribution is 2.04. The third kappa shape index (κ3) is 6.35. The van der Waals surface area contributed by atoms with Crippen molar-refractivity contribution in [1.29, 1.82) is 0 Å². The molecule has 0 fully saturated rings. The van der Waals surface area contributed by atoms with Gasteiger partial charge in [0.1, 0.15) is 5.82 Å². The Morgan fingerprint density at radius 1 is 1.14 bits per heavy atom. The summed E-state index contributed by atoms with van der Waals surface area (Å²) < 4.78 is 12.7. The average Bonchev–Trinajstić information content (AvgIpc) is 2.45. The van der Waals surface area contributed by atoms with Crippen LogP contribution in [0.3, 0.4) is 0 Å². The molecule has 1 atom stereocenters. The molecule has 0 aliphatic heterocycles. The molecule has 0 radical (unpaired) electrons. The van der Waals surface area contributed by atoms with E-state index in [4.69, 9.17) is 0 Å². The number of rotatable bonds is 6. The van der Waals surface area contributed by atoms with Crippen LogP contribution in [0.2, 0.25) is 0 Å². The zero-order chi connectivity index (χ0) is 15.8. The van der Waals surface area contributed by atoms with Crippen molar-refractivity contribution in [3.8, 4) is 0 Å². The van der Waals surface area contributed by atoms with Crippen LogP contribution >= 0.6 is 0 Å². The molecule has 1 aromatic rings. The van der Waals surface area contributed by atoms with Gasteiger partial charge in [0.15, 0.2) is 0 Å². The number of benzene rings is 1. The summed E-state index contributed by atoms with van der Waals surface area (Å²) in [5.41, 5.74) is 0.702. The molecule has 0 aliphatic carbocycles. The Kier molecular flexibility index (Phi) is 6.81. The molecule has 1 aromatic carbocycles. The van der Waals surface area contributed by atoms with Crippen LogP contribution in [-0.2, 0) is 16.1 Å². The van der Waals surface area contributed by atoms with E-state index in [0.717, 1.165) is 0 Å². The monoisotopic (exact) mass is 296 g/mol. The van der Waals surface area contributed by atoms with Crippen molar-refractivity contribution in [2.45, 2.75) is 32.9 Å². The van der Waals surface area contributed by atoms with E-state index in [2.05, 4.69) is 10.6 Å². The van der Waals surface area contributed by atoms with Gasteiger partial charge in [0.05, 0.1) is 6.10 Å². The van der Waals surface area contributed by atoms with Gasteiger partial charge in [-0.15, -0.1) is 0 Å². The zero-order valence-electron chi connectivity index (χ0n) is 12.2. The van der Waals surface area contributed by atoms with E-state index in [0.29, 0.717) is 12.0 Å². The lowest BCUT2D eigenvalue weighted by molar-refractivity contribution is -0.139. The summed E-state index contributed by atoms with van der Waals surface area (Å²) in [6.45, 7) is 4.15. The molecule has 1 unspecified atom stereocenters. The smallest absolute Gasteiger partial charge is 0.309 e. The molecule has 21 heavy (non-hydrogen) atoms. The molecule has 0 heterocycles. The summed E-state index contributed by atoms with van der Waals surface area (Å²) in [5.74, 6) is -1.74. The van der Waals surface area contributed by atoms with Gasteiger partial charge in [0.2, 0.25) is 0 Å². The van der Waals surface area contributed by atoms with Gasteiger partial charge in [-0.3, -0.25) is 9.59 Å². The van der Waals surface area contributed by atoms with Gasteiger partial charge in [-0.2, -0.15) is 0 Å². The van der Waals surface area contributed by atoms with Crippen molar-refractivity contribution in [3.05, 3.63) is 35.6 Å². The first-order valence-corrected chi connectivity index (χ1v) is 6.88. The van der Waals surface area contributed by atoms with Crippen LogP contribution < -0.4 is 10.6 Å². The van der Waals surface area contributed by atoms with Crippen LogP contribution in [0.1, 0.15) is 25.8 Å². The number of amides is 2. The molecule has 5 nitrogen and oxygen atoms in total. The standard InChI is InChI=1S/C15H21FN2O3/c1-10(2)13(19)7-8-17-14(20)15(21)18-9-11-3-5-12(16)6-4-11/h3-6,10,13,19H,7-9H2,1-2H3,(H,17,20)(H,18,21). The van der Waals surface area contributed by atoms with Crippen molar-refractivity contribution in [1.82, 2.24) is 10.6 Å². The third-order valence-corrected chi connectivity index (χ3v) is 3.07. The molecule has 0 aliphatic rings. The molecule has 2 amide bonds. The van der Waals surface area contributed by atoms with Crippen molar-refractivity contribution < 1.29 is 19.1 Å². The number of aliphatic hydroxyl groups excluding tert-OH is 1. The maximum atomic E-state index is 12.7. The second-order valence-corrected chi connectivity index (χ2v) is 5.17. The van der Waals surface area contributed by atoms with Gasteiger partial charge in [-0.25, -0.2) is 4.39 Å². The molecule has 3 N–H and O–H groups in total. The molecule has 0 spiro atoms. The van der Waals surface area contributed by atoms with Gasteiger partial charge >= 0.3 is 11.8 Å². The van der Waals surface area contributed by atoms with Crippen molar-refractivity contribution >= 4 is 11.8 Å². The number of nitrogens with one attached hydrogen (secondary N) is 2. The molecule has 0 aromatic heterocycles. The molecule has 6 heteroatoms. The quantitative estimate of drug-likeness (QED) is 0.684. The van der Waals surface area contributed by atoms with Crippen LogP contribution in [0.15, 0.2) is 24.3 Å². The predicted octanol–water partition coefficient (Wildman–Crippen LogP) is 0.965. The minimum Gasteiger partial charge on any atom is -0.393 e. The minimum atomic E-state index is -0.752. The van der Waals surface area contributed by atoms with Crippen LogP contribution in [0.5, 0.6) is 0 Å². The van der Waals surface area contributed by atoms with Crippen molar-refractivity contribution in [2.24, 2.45) is 5.92 Å². The Hall–Kier alpha value is -1.95. The van der Waals surface area contributed by atoms with E-state index in [-0.39, 0.29) is 24.8 Å². The second-order valence-electron chi connectivity index (χ2n) is 5.17. The Morgan fingerprint density at radius 3 is 2.29 bits per heavy atom. The highest BCUT2D eigenvalue weighted by Gasteiger charge is 2.14. The van der Waals surface area contributed by atoms with E-state index >= 15 is 0 Å². The van der Waals surface area contributed by atoms with Crippen LogP contribution in [0, 0.1) is 11.7 Å². The van der Waals surface area contributed by atoms with E-state index < -0.39 is 17.9 Å². The summed E-state index contributed by atoms with van der Waals surface area (Å²) in [6.07, 6.45) is -0.109. The second kappa shape index (κ2) is 8.36. The molecular weight excluding hydrogens is 275 g/mol. The Labute approximate surface area is 123 Å². The molecule has 0 saturated carbocycles. The fraction of sp³-hybridized carbons (Fsp3) is 0.467. The summed E-state index contributed by atoms with van der Waals surface area (Å²) >= 11 is 0. The fourth-order valence-corrected chi connectivity index (χ4v) is 1.61. The first-order chi connectivity index (χ1) is 9.90. The van der Waals surface area contributed by atoms with Crippen LogP contribution in [-0.4, -0.2) is 29.6 Å². The molecule has 0 bridgehead atoms. The summed E-state index contributed by atoms with van der Waals surface area (Å²) in [5, 5.41) is 14.5. The molecule has 0 saturated heterocycles. The number of halogens is 1. The van der Waals surface area contributed by atoms with Crippen molar-refractivity contribution in [3.63, 3.8) is 0 Å². The highest BCUT2D eigenvalue weighted by molar-refractivity contribution is 6.35. The SMILES string of the molecule is CC(C)C(O)CCNC(=O)C(=O)NCc1ccc(F)cc1. The van der Waals surface area contributed by atoms with Gasteiger partial charge in [0, 0.05) is 13.1 Å². The fourth-order valence-electron chi connectivity index (χ4n) is 1.61. The Balaban J connectivity index is 2.28. The summed E-state index contributed by atoms with van der Waals surface area (Å²) in [6, 6.07) is 5.64. The zero-order valence-corrected chi connectivity index (χ0v) is 12.2. The molecular formula is C15H21FN2O3. The number of hydrogen-bond acceptors (Lipinski definition) is 3. The Bertz CT molecular complexity index is 474. The van der Waals surface area contributed by atoms with Gasteiger partial charge in [-0.1, -0.05) is 26.0 Å². The third-order valence-electron chi connectivity index (χ3n) is 3.07. The first-order valence-electron chi connectivity index (χ1n) is 6.88. The minimum absolute atomic E-state index is 0.106. The van der Waals surface area contributed by atoms with Crippen molar-refractivity contribution in [2.75, 3.05) is 6.54 Å². The van der Waals surface area contributed by atoms with E-state index in [1.165, 1.54) is 24.3 Å². The van der Waals surface area contributed by atoms with E-state index in [1.807, 2.05) is 13.8 Å². The normalized spacial score (nSPS) is 12.0. The lowest BCUT2D eigenvalue weighted by Gasteiger charge is -2.14. The lowest BCUT2D eigenvalue weighted by atomic mass is 10.0. The van der Waals surface area contributed by atoms with Gasteiger partial charge in [-0.05, 0) is 30.0 Å². The number of aliphatic hydroxyl groups is 1.